The van der Waals surface area contributed by atoms with Crippen LogP contribution in [0.1, 0.15) is 20.3 Å². The van der Waals surface area contributed by atoms with Gasteiger partial charge in [-0.3, -0.25) is 4.79 Å². The van der Waals surface area contributed by atoms with Crippen molar-refractivity contribution in [3.05, 3.63) is 23.2 Å². The van der Waals surface area contributed by atoms with Gasteiger partial charge in [-0.1, -0.05) is 18.5 Å². The van der Waals surface area contributed by atoms with Gasteiger partial charge in [0.25, 0.3) is 0 Å². The summed E-state index contributed by atoms with van der Waals surface area (Å²) in [6.07, 6.45) is 0.417. The van der Waals surface area contributed by atoms with Crippen molar-refractivity contribution in [2.75, 3.05) is 43.9 Å². The summed E-state index contributed by atoms with van der Waals surface area (Å²) in [6, 6.07) is 5.04. The van der Waals surface area contributed by atoms with Gasteiger partial charge in [0, 0.05) is 31.8 Å². The minimum atomic E-state index is -0.0588. The van der Waals surface area contributed by atoms with Crippen LogP contribution in [0.2, 0.25) is 5.02 Å². The molecule has 0 radical (unpaired) electrons. The highest BCUT2D eigenvalue weighted by atomic mass is 35.5. The predicted octanol–water partition coefficient (Wildman–Crippen LogP) is 2.61. The molecule has 6 heteroatoms. The number of anilines is 2. The molecule has 0 aliphatic rings. The second-order valence-corrected chi connectivity index (χ2v) is 5.08. The first-order valence-corrected chi connectivity index (χ1v) is 7.59. The van der Waals surface area contributed by atoms with E-state index in [4.69, 9.17) is 22.1 Å². The van der Waals surface area contributed by atoms with Crippen molar-refractivity contribution in [2.45, 2.75) is 20.3 Å². The zero-order valence-electron chi connectivity index (χ0n) is 12.7. The highest BCUT2D eigenvalue weighted by molar-refractivity contribution is 6.34. The number of hydrogen-bond acceptors (Lipinski definition) is 4. The van der Waals surface area contributed by atoms with E-state index in [0.717, 1.165) is 13.1 Å². The maximum atomic E-state index is 11.9. The molecule has 0 spiro atoms. The van der Waals surface area contributed by atoms with E-state index in [2.05, 4.69) is 17.1 Å². The Bertz CT molecular complexity index is 455. The molecule has 0 atom stereocenters. The maximum absolute atomic E-state index is 11.9. The number of benzene rings is 1. The summed E-state index contributed by atoms with van der Waals surface area (Å²) in [5, 5.41) is 3.25. The number of amides is 1. The van der Waals surface area contributed by atoms with E-state index in [-0.39, 0.29) is 5.91 Å². The summed E-state index contributed by atoms with van der Waals surface area (Å²) in [5.41, 5.74) is 6.78. The molecule has 0 aromatic heterocycles. The van der Waals surface area contributed by atoms with Crippen LogP contribution in [0, 0.1) is 0 Å². The molecule has 0 bridgehead atoms. The number of nitrogens with two attached hydrogens (primary N) is 1. The summed E-state index contributed by atoms with van der Waals surface area (Å²) in [6.45, 7) is 7.87. The average molecular weight is 314 g/mol. The fourth-order valence-electron chi connectivity index (χ4n) is 1.87. The van der Waals surface area contributed by atoms with Gasteiger partial charge < -0.3 is 20.7 Å². The Hall–Kier alpha value is -1.30. The van der Waals surface area contributed by atoms with Gasteiger partial charge in [0.05, 0.1) is 17.3 Å². The van der Waals surface area contributed by atoms with Crippen LogP contribution in [-0.4, -0.2) is 43.7 Å². The third-order valence-electron chi connectivity index (χ3n) is 3.13. The molecule has 3 N–H and O–H groups in total. The van der Waals surface area contributed by atoms with Crippen molar-refractivity contribution in [2.24, 2.45) is 0 Å². The first-order chi connectivity index (χ1) is 10.1. The Kier molecular flexibility index (Phi) is 8.12. The zero-order chi connectivity index (χ0) is 15.7. The fourth-order valence-corrected chi connectivity index (χ4v) is 2.11. The molecule has 0 heterocycles. The number of ether oxygens (including phenoxy) is 1. The number of carbonyl (C=O) groups excluding carboxylic acids is 1. The summed E-state index contributed by atoms with van der Waals surface area (Å²) in [4.78, 5) is 14.1. The second-order valence-electron chi connectivity index (χ2n) is 4.67. The fraction of sp³-hybridized carbons (Fsp3) is 0.533. The van der Waals surface area contributed by atoms with Crippen molar-refractivity contribution in [3.8, 4) is 0 Å². The molecule has 1 rings (SSSR count). The minimum absolute atomic E-state index is 0.0588. The molecule has 0 saturated heterocycles. The van der Waals surface area contributed by atoms with Gasteiger partial charge in [-0.2, -0.15) is 0 Å². The van der Waals surface area contributed by atoms with E-state index in [0.29, 0.717) is 42.6 Å². The molecule has 0 aliphatic carbocycles. The Morgan fingerprint density at radius 3 is 2.76 bits per heavy atom. The molecule has 1 aromatic rings. The van der Waals surface area contributed by atoms with Crippen LogP contribution in [0.25, 0.3) is 0 Å². The Morgan fingerprint density at radius 2 is 2.14 bits per heavy atom. The van der Waals surface area contributed by atoms with Gasteiger partial charge in [0.2, 0.25) is 5.91 Å². The van der Waals surface area contributed by atoms with Crippen molar-refractivity contribution in [3.63, 3.8) is 0 Å². The first-order valence-electron chi connectivity index (χ1n) is 7.21. The molecule has 1 aromatic carbocycles. The lowest BCUT2D eigenvalue weighted by Crippen LogP contribution is -2.31. The number of nitrogen functional groups attached to an aromatic ring is 1. The standard InChI is InChI=1S/C15H24ClN3O2/c1-3-19(9-10-21-4-2)8-7-15(20)18-14-6-5-12(17)11-13(14)16/h5-6,11H,3-4,7-10,17H2,1-2H3,(H,18,20). The van der Waals surface area contributed by atoms with Crippen LogP contribution >= 0.6 is 11.6 Å². The largest absolute Gasteiger partial charge is 0.399 e. The monoisotopic (exact) mass is 313 g/mol. The third kappa shape index (κ3) is 6.80. The quantitative estimate of drug-likeness (QED) is 0.543. The maximum Gasteiger partial charge on any atom is 0.225 e. The number of nitrogens with one attached hydrogen (secondary N) is 1. The first kappa shape index (κ1) is 17.8. The summed E-state index contributed by atoms with van der Waals surface area (Å²) in [7, 11) is 0. The van der Waals surface area contributed by atoms with E-state index < -0.39 is 0 Å². The number of hydrogen-bond donors (Lipinski definition) is 2. The Morgan fingerprint density at radius 1 is 1.38 bits per heavy atom. The van der Waals surface area contributed by atoms with Gasteiger partial charge >= 0.3 is 0 Å². The molecular weight excluding hydrogens is 290 g/mol. The smallest absolute Gasteiger partial charge is 0.225 e. The van der Waals surface area contributed by atoms with Crippen LogP contribution in [0.3, 0.4) is 0 Å². The highest BCUT2D eigenvalue weighted by Gasteiger charge is 2.09. The molecule has 1 amide bonds. The molecule has 21 heavy (non-hydrogen) atoms. The average Bonchev–Trinajstić information content (AvgIpc) is 2.45. The van der Waals surface area contributed by atoms with E-state index in [1.165, 1.54) is 0 Å². The summed E-state index contributed by atoms with van der Waals surface area (Å²) >= 11 is 6.03. The van der Waals surface area contributed by atoms with Crippen LogP contribution in [0.15, 0.2) is 18.2 Å². The number of likely N-dealkylation sites (N-methyl/N-ethyl adjacent to an activating group) is 1. The number of nitrogens with zero attached hydrogens (tertiary/aromatic N) is 1. The van der Waals surface area contributed by atoms with Crippen molar-refractivity contribution in [1.29, 1.82) is 0 Å². The topological polar surface area (TPSA) is 67.6 Å². The van der Waals surface area contributed by atoms with Crippen LogP contribution < -0.4 is 11.1 Å². The molecular formula is C15H24ClN3O2. The number of carbonyl (C=O) groups is 1. The normalized spacial score (nSPS) is 10.9. The molecule has 0 unspecified atom stereocenters. The van der Waals surface area contributed by atoms with Gasteiger partial charge in [0.15, 0.2) is 0 Å². The van der Waals surface area contributed by atoms with Crippen LogP contribution in [-0.2, 0) is 9.53 Å². The van der Waals surface area contributed by atoms with Gasteiger partial charge in [-0.25, -0.2) is 0 Å². The third-order valence-corrected chi connectivity index (χ3v) is 3.44. The Labute approximate surface area is 131 Å². The zero-order valence-corrected chi connectivity index (χ0v) is 13.4. The van der Waals surface area contributed by atoms with Crippen molar-refractivity contribution < 1.29 is 9.53 Å². The van der Waals surface area contributed by atoms with E-state index in [1.54, 1.807) is 18.2 Å². The SMILES string of the molecule is CCOCCN(CC)CCC(=O)Nc1ccc(N)cc1Cl. The molecule has 118 valence electrons. The van der Waals surface area contributed by atoms with Gasteiger partial charge in [-0.15, -0.1) is 0 Å². The lowest BCUT2D eigenvalue weighted by atomic mass is 10.2. The van der Waals surface area contributed by atoms with Gasteiger partial charge in [-0.05, 0) is 31.7 Å². The molecule has 0 saturated carbocycles. The van der Waals surface area contributed by atoms with E-state index in [9.17, 15) is 4.79 Å². The molecule has 5 nitrogen and oxygen atoms in total. The highest BCUT2D eigenvalue weighted by Crippen LogP contribution is 2.24. The van der Waals surface area contributed by atoms with Crippen LogP contribution in [0.5, 0.6) is 0 Å². The lowest BCUT2D eigenvalue weighted by molar-refractivity contribution is -0.116. The van der Waals surface area contributed by atoms with Crippen molar-refractivity contribution >= 4 is 28.9 Å². The summed E-state index contributed by atoms with van der Waals surface area (Å²) in [5.74, 6) is -0.0588. The number of rotatable bonds is 9. The van der Waals surface area contributed by atoms with Crippen LogP contribution in [0.4, 0.5) is 11.4 Å². The van der Waals surface area contributed by atoms with Crippen molar-refractivity contribution in [1.82, 2.24) is 4.90 Å². The number of halogens is 1. The molecule has 0 aliphatic heterocycles. The van der Waals surface area contributed by atoms with Gasteiger partial charge in [0.1, 0.15) is 0 Å². The predicted molar refractivity (Wildman–Crippen MR) is 87.7 cm³/mol. The summed E-state index contributed by atoms with van der Waals surface area (Å²) < 4.78 is 5.32. The Balaban J connectivity index is 2.38. The molecule has 0 fully saturated rings. The van der Waals surface area contributed by atoms with E-state index >= 15 is 0 Å². The van der Waals surface area contributed by atoms with E-state index in [1.807, 2.05) is 6.92 Å². The lowest BCUT2D eigenvalue weighted by Gasteiger charge is -2.19. The minimum Gasteiger partial charge on any atom is -0.399 e. The second kappa shape index (κ2) is 9.60.